The Morgan fingerprint density at radius 2 is 2.23 bits per heavy atom. The highest BCUT2D eigenvalue weighted by molar-refractivity contribution is 7.80. The molecule has 2 heterocycles. The number of thiocarbonyl (C=S) groups is 1. The average Bonchev–Trinajstić information content (AvgIpc) is 3.00. The number of nitrogens with zero attached hydrogens (tertiary/aromatic N) is 3. The number of ether oxygens (including phenoxy) is 1. The van der Waals surface area contributed by atoms with Crippen molar-refractivity contribution in [1.82, 2.24) is 10.3 Å². The Bertz CT molecular complexity index is 1150. The fourth-order valence-corrected chi connectivity index (χ4v) is 4.45. The second-order valence-electron chi connectivity index (χ2n) is 7.33. The molecular weight excluding hydrogens is 407 g/mol. The van der Waals surface area contributed by atoms with Gasteiger partial charge in [0.15, 0.2) is 5.11 Å². The maximum absolute atomic E-state index is 14.8. The van der Waals surface area contributed by atoms with Gasteiger partial charge in [-0.15, -0.1) is 0 Å². The van der Waals surface area contributed by atoms with Crippen molar-refractivity contribution in [3.8, 4) is 6.07 Å². The molecule has 30 heavy (non-hydrogen) atoms. The first-order chi connectivity index (χ1) is 14.3. The molecule has 9 heteroatoms. The van der Waals surface area contributed by atoms with E-state index in [1.807, 2.05) is 6.07 Å². The molecule has 1 amide bonds. The van der Waals surface area contributed by atoms with Crippen molar-refractivity contribution in [3.63, 3.8) is 0 Å². The molecule has 1 spiro atoms. The van der Waals surface area contributed by atoms with Crippen molar-refractivity contribution in [2.45, 2.75) is 31.2 Å². The normalized spacial score (nSPS) is 22.5. The number of hydrogen-bond donors (Lipinski definition) is 1. The molecule has 2 unspecified atom stereocenters. The number of anilines is 1. The summed E-state index contributed by atoms with van der Waals surface area (Å²) in [5.74, 6) is -1.93. The van der Waals surface area contributed by atoms with Gasteiger partial charge in [0, 0.05) is 5.92 Å². The van der Waals surface area contributed by atoms with Crippen molar-refractivity contribution >= 4 is 34.9 Å². The number of methoxy groups -OCH3 is 1. The van der Waals surface area contributed by atoms with Crippen molar-refractivity contribution in [2.75, 3.05) is 12.0 Å². The molecule has 2 aromatic rings. The van der Waals surface area contributed by atoms with Gasteiger partial charge in [0.1, 0.15) is 23.1 Å². The maximum atomic E-state index is 14.8. The van der Waals surface area contributed by atoms with Gasteiger partial charge >= 0.3 is 5.97 Å². The van der Waals surface area contributed by atoms with Crippen LogP contribution in [0.2, 0.25) is 0 Å². The van der Waals surface area contributed by atoms with Gasteiger partial charge in [-0.25, -0.2) is 14.2 Å². The van der Waals surface area contributed by atoms with Gasteiger partial charge in [-0.05, 0) is 61.3 Å². The van der Waals surface area contributed by atoms with Crippen LogP contribution in [0.25, 0.3) is 0 Å². The van der Waals surface area contributed by atoms with E-state index in [-0.39, 0.29) is 22.3 Å². The largest absolute Gasteiger partial charge is 0.465 e. The summed E-state index contributed by atoms with van der Waals surface area (Å²) in [6.45, 7) is 1.73. The monoisotopic (exact) mass is 424 g/mol. The molecule has 7 nitrogen and oxygen atoms in total. The molecule has 1 aliphatic heterocycles. The van der Waals surface area contributed by atoms with E-state index < -0.39 is 23.2 Å². The van der Waals surface area contributed by atoms with Crippen LogP contribution < -0.4 is 10.2 Å². The molecule has 152 valence electrons. The number of benzene rings is 1. The standard InChI is InChI=1S/C21H17FN4O3S/c1-11-7-13(10-24-17(11)9-23)26-19(28)21(25-20(26)30)6-5-15(21)14-4-3-12(8-16(14)22)18(27)29-2/h3-4,7-8,10,15H,5-6H2,1-2H3,(H,25,30). The number of aromatic nitrogens is 1. The summed E-state index contributed by atoms with van der Waals surface area (Å²) in [7, 11) is 1.23. The van der Waals surface area contributed by atoms with Crippen molar-refractivity contribution in [3.05, 3.63) is 58.7 Å². The molecule has 2 aliphatic rings. The molecular formula is C21H17FN4O3S. The topological polar surface area (TPSA) is 95.3 Å². The fraction of sp³-hybridized carbons (Fsp3) is 0.286. The third-order valence-corrected chi connectivity index (χ3v) is 6.05. The summed E-state index contributed by atoms with van der Waals surface area (Å²) in [6.07, 6.45) is 2.51. The number of esters is 1. The minimum absolute atomic E-state index is 0.106. The highest BCUT2D eigenvalue weighted by Crippen LogP contribution is 2.50. The summed E-state index contributed by atoms with van der Waals surface area (Å²) in [5, 5.41) is 12.4. The van der Waals surface area contributed by atoms with E-state index in [1.165, 1.54) is 30.3 Å². The van der Waals surface area contributed by atoms with Gasteiger partial charge in [0.25, 0.3) is 5.91 Å². The third kappa shape index (κ3) is 2.83. The maximum Gasteiger partial charge on any atom is 0.337 e. The molecule has 1 saturated carbocycles. The van der Waals surface area contributed by atoms with Crippen molar-refractivity contribution < 1.29 is 18.7 Å². The predicted octanol–water partition coefficient (Wildman–Crippen LogP) is 2.72. The zero-order valence-electron chi connectivity index (χ0n) is 16.2. The molecule has 1 saturated heterocycles. The Labute approximate surface area is 177 Å². The Morgan fingerprint density at radius 1 is 1.47 bits per heavy atom. The van der Waals surface area contributed by atoms with E-state index in [4.69, 9.17) is 17.5 Å². The van der Waals surface area contributed by atoms with E-state index in [9.17, 15) is 14.0 Å². The number of aryl methyl sites for hydroxylation is 1. The number of carbonyl (C=O) groups is 2. The van der Waals surface area contributed by atoms with Gasteiger partial charge in [0.05, 0.1) is 24.6 Å². The first-order valence-corrected chi connectivity index (χ1v) is 9.64. The highest BCUT2D eigenvalue weighted by atomic mass is 32.1. The number of hydrogen-bond acceptors (Lipinski definition) is 6. The Balaban J connectivity index is 1.67. The van der Waals surface area contributed by atoms with E-state index in [2.05, 4.69) is 15.0 Å². The molecule has 0 radical (unpaired) electrons. The summed E-state index contributed by atoms with van der Waals surface area (Å²) < 4.78 is 19.4. The van der Waals surface area contributed by atoms with Gasteiger partial charge in [0.2, 0.25) is 0 Å². The van der Waals surface area contributed by atoms with E-state index in [0.717, 1.165) is 6.07 Å². The van der Waals surface area contributed by atoms with Crippen LogP contribution in [0.5, 0.6) is 0 Å². The van der Waals surface area contributed by atoms with Gasteiger partial charge < -0.3 is 10.1 Å². The molecule has 1 aromatic heterocycles. The molecule has 2 fully saturated rings. The summed E-state index contributed by atoms with van der Waals surface area (Å²) in [6, 6.07) is 7.79. The number of halogens is 1. The number of rotatable bonds is 3. The SMILES string of the molecule is COC(=O)c1ccc(C2CCC23NC(=S)N(c2cnc(C#N)c(C)c2)C3=O)c(F)c1. The molecule has 0 bridgehead atoms. The quantitative estimate of drug-likeness (QED) is 0.598. The lowest BCUT2D eigenvalue weighted by molar-refractivity contribution is -0.126. The summed E-state index contributed by atoms with van der Waals surface area (Å²) >= 11 is 5.41. The van der Waals surface area contributed by atoms with E-state index in [0.29, 0.717) is 29.7 Å². The van der Waals surface area contributed by atoms with Gasteiger partial charge in [-0.2, -0.15) is 5.26 Å². The van der Waals surface area contributed by atoms with Crippen molar-refractivity contribution in [2.24, 2.45) is 0 Å². The fourth-order valence-electron chi connectivity index (χ4n) is 4.08. The third-order valence-electron chi connectivity index (χ3n) is 5.76. The van der Waals surface area contributed by atoms with Crippen LogP contribution >= 0.6 is 12.2 Å². The molecule has 4 rings (SSSR count). The Morgan fingerprint density at radius 3 is 2.80 bits per heavy atom. The van der Waals surface area contributed by atoms with E-state index >= 15 is 0 Å². The van der Waals surface area contributed by atoms with Crippen LogP contribution in [-0.4, -0.2) is 34.6 Å². The smallest absolute Gasteiger partial charge is 0.337 e. The van der Waals surface area contributed by atoms with Gasteiger partial charge in [-0.3, -0.25) is 9.69 Å². The summed E-state index contributed by atoms with van der Waals surface area (Å²) in [4.78, 5) is 30.5. The highest BCUT2D eigenvalue weighted by Gasteiger charge is 2.60. The lowest BCUT2D eigenvalue weighted by Gasteiger charge is -2.45. The van der Waals surface area contributed by atoms with Gasteiger partial charge in [-0.1, -0.05) is 6.07 Å². The molecule has 2 atom stereocenters. The zero-order valence-corrected chi connectivity index (χ0v) is 17.0. The van der Waals surface area contributed by atoms with Crippen LogP contribution in [0.3, 0.4) is 0 Å². The number of pyridine rings is 1. The minimum atomic E-state index is -1.05. The molecule has 1 aromatic carbocycles. The lowest BCUT2D eigenvalue weighted by Crippen LogP contribution is -2.58. The van der Waals surface area contributed by atoms with Crippen LogP contribution in [0.15, 0.2) is 30.5 Å². The number of nitriles is 1. The first-order valence-electron chi connectivity index (χ1n) is 9.23. The number of nitrogens with one attached hydrogen (secondary N) is 1. The Hall–Kier alpha value is -3.38. The van der Waals surface area contributed by atoms with Crippen LogP contribution in [0.4, 0.5) is 10.1 Å². The van der Waals surface area contributed by atoms with Crippen molar-refractivity contribution in [1.29, 1.82) is 5.26 Å². The zero-order chi connectivity index (χ0) is 21.6. The second kappa shape index (κ2) is 7.15. The second-order valence-corrected chi connectivity index (χ2v) is 7.72. The summed E-state index contributed by atoms with van der Waals surface area (Å²) in [5.41, 5.74) is 0.752. The van der Waals surface area contributed by atoms with E-state index in [1.54, 1.807) is 13.0 Å². The van der Waals surface area contributed by atoms with Crippen LogP contribution in [0, 0.1) is 24.1 Å². The van der Waals surface area contributed by atoms with Crippen LogP contribution in [0.1, 0.15) is 45.9 Å². The average molecular weight is 424 g/mol. The Kier molecular flexibility index (Phi) is 4.74. The number of amides is 1. The predicted molar refractivity (Wildman–Crippen MR) is 109 cm³/mol. The number of carbonyl (C=O) groups excluding carboxylic acids is 2. The molecule has 1 N–H and O–H groups in total. The lowest BCUT2D eigenvalue weighted by atomic mass is 9.63. The minimum Gasteiger partial charge on any atom is -0.465 e. The van der Waals surface area contributed by atoms with Crippen LogP contribution in [-0.2, 0) is 9.53 Å². The molecule has 1 aliphatic carbocycles. The first kappa shape index (κ1) is 19.9.